The van der Waals surface area contributed by atoms with Gasteiger partial charge in [0, 0.05) is 103 Å². The van der Waals surface area contributed by atoms with Crippen molar-refractivity contribution in [3.63, 3.8) is 0 Å². The molecule has 292 valence electrons. The fraction of sp³-hybridized carbons (Fsp3) is 0.634. The van der Waals surface area contributed by atoms with Gasteiger partial charge in [-0.05, 0) is 83.6 Å². The fourth-order valence-corrected chi connectivity index (χ4v) is 7.01. The van der Waals surface area contributed by atoms with Crippen LogP contribution < -0.4 is 14.8 Å². The summed E-state index contributed by atoms with van der Waals surface area (Å²) in [5, 5.41) is 3.37. The molecule has 4 heterocycles. The van der Waals surface area contributed by atoms with Gasteiger partial charge in [-0.1, -0.05) is 24.3 Å². The van der Waals surface area contributed by atoms with Gasteiger partial charge in [0.05, 0.1) is 0 Å². The van der Waals surface area contributed by atoms with E-state index in [1.165, 1.54) is 5.56 Å². The third kappa shape index (κ3) is 12.9. The second-order valence-corrected chi connectivity index (χ2v) is 15.7. The van der Waals surface area contributed by atoms with E-state index in [0.717, 1.165) is 132 Å². The SMILES string of the molecule is Cc1ccc(CN2CCN(C(=O)OC(C)(C)C)CC2)c(OCC(=O)N2CCCC2)c1.Cc1ccc(CN2CCNCC2)c(OCC(=O)N2CCCC2)c1. The smallest absolute Gasteiger partial charge is 0.410 e. The minimum atomic E-state index is -0.477. The van der Waals surface area contributed by atoms with Crippen LogP contribution in [0.3, 0.4) is 0 Å². The highest BCUT2D eigenvalue weighted by Crippen LogP contribution is 2.25. The summed E-state index contributed by atoms with van der Waals surface area (Å²) in [7, 11) is 0. The Morgan fingerprint density at radius 3 is 1.47 bits per heavy atom. The molecule has 6 rings (SSSR count). The predicted octanol–water partition coefficient (Wildman–Crippen LogP) is 4.45. The van der Waals surface area contributed by atoms with E-state index in [4.69, 9.17) is 14.2 Å². The standard InChI is InChI=1S/C23H35N3O4.C18H27N3O2/c1-18-7-8-19(20(15-18)29-17-21(27)25-9-5-6-10-25)16-24-11-13-26(14-12-24)22(28)30-23(2,3)4;1-15-4-5-16(13-20-10-6-19-7-11-20)17(12-15)23-14-18(22)21-8-2-3-9-21/h7-8,15H,5-6,9-14,16-17H2,1-4H3;4-5,12,19H,2-3,6-11,13-14H2,1H3. The number of hydrogen-bond donors (Lipinski definition) is 1. The number of carbonyl (C=O) groups excluding carboxylic acids is 3. The zero-order valence-electron chi connectivity index (χ0n) is 32.8. The van der Waals surface area contributed by atoms with Gasteiger partial charge in [-0.25, -0.2) is 4.79 Å². The molecule has 4 aliphatic heterocycles. The summed E-state index contributed by atoms with van der Waals surface area (Å²) in [6.07, 6.45) is 4.14. The van der Waals surface area contributed by atoms with Gasteiger partial charge in [0.15, 0.2) is 13.2 Å². The van der Waals surface area contributed by atoms with Crippen LogP contribution in [0, 0.1) is 13.8 Å². The summed E-state index contributed by atoms with van der Waals surface area (Å²) in [5.41, 5.74) is 4.04. The van der Waals surface area contributed by atoms with E-state index >= 15 is 0 Å². The lowest BCUT2D eigenvalue weighted by Gasteiger charge is -2.35. The van der Waals surface area contributed by atoms with E-state index in [9.17, 15) is 14.4 Å². The van der Waals surface area contributed by atoms with Crippen LogP contribution in [0.25, 0.3) is 0 Å². The summed E-state index contributed by atoms with van der Waals surface area (Å²) in [5.74, 6) is 1.80. The summed E-state index contributed by atoms with van der Waals surface area (Å²) < 4.78 is 17.3. The quantitative estimate of drug-likeness (QED) is 0.379. The number of nitrogens with one attached hydrogen (secondary N) is 1. The molecule has 3 amide bonds. The first-order chi connectivity index (χ1) is 25.4. The van der Waals surface area contributed by atoms with Crippen LogP contribution in [0.4, 0.5) is 4.79 Å². The molecule has 0 bridgehead atoms. The number of piperazine rings is 2. The zero-order valence-corrected chi connectivity index (χ0v) is 32.8. The van der Waals surface area contributed by atoms with Crippen LogP contribution in [0.5, 0.6) is 11.5 Å². The van der Waals surface area contributed by atoms with Crippen LogP contribution in [-0.4, -0.2) is 140 Å². The minimum Gasteiger partial charge on any atom is -0.483 e. The van der Waals surface area contributed by atoms with E-state index < -0.39 is 5.60 Å². The van der Waals surface area contributed by atoms with E-state index in [1.807, 2.05) is 43.6 Å². The van der Waals surface area contributed by atoms with Crippen molar-refractivity contribution in [2.75, 3.05) is 91.8 Å². The third-order valence-electron chi connectivity index (χ3n) is 10.1. The molecule has 2 aromatic rings. The number of nitrogens with zero attached hydrogens (tertiary/aromatic N) is 5. The Bertz CT molecular complexity index is 1500. The lowest BCUT2D eigenvalue weighted by atomic mass is 10.1. The monoisotopic (exact) mass is 734 g/mol. The van der Waals surface area contributed by atoms with E-state index in [-0.39, 0.29) is 31.1 Å². The molecule has 12 nitrogen and oxygen atoms in total. The van der Waals surface area contributed by atoms with Gasteiger partial charge in [0.25, 0.3) is 11.8 Å². The highest BCUT2D eigenvalue weighted by Gasteiger charge is 2.27. The molecule has 0 radical (unpaired) electrons. The molecular formula is C41H62N6O6. The molecule has 0 unspecified atom stereocenters. The average molecular weight is 735 g/mol. The first kappa shape index (κ1) is 40.3. The number of aryl methyl sites for hydroxylation is 2. The van der Waals surface area contributed by atoms with Crippen LogP contribution >= 0.6 is 0 Å². The minimum absolute atomic E-state index is 0.0610. The number of hydrogen-bond acceptors (Lipinski definition) is 9. The normalized spacial score (nSPS) is 18.4. The molecule has 2 aromatic carbocycles. The Morgan fingerprint density at radius 1 is 0.604 bits per heavy atom. The topological polar surface area (TPSA) is 107 Å². The van der Waals surface area contributed by atoms with Crippen molar-refractivity contribution in [1.82, 2.24) is 29.8 Å². The number of likely N-dealkylation sites (tertiary alicyclic amines) is 2. The first-order valence-electron chi connectivity index (χ1n) is 19.6. The van der Waals surface area contributed by atoms with Gasteiger partial charge < -0.3 is 34.2 Å². The fourth-order valence-electron chi connectivity index (χ4n) is 7.01. The molecule has 4 aliphatic rings. The third-order valence-corrected chi connectivity index (χ3v) is 10.1. The molecule has 0 aromatic heterocycles. The van der Waals surface area contributed by atoms with Crippen LogP contribution in [0.2, 0.25) is 0 Å². The Balaban J connectivity index is 0.000000211. The Morgan fingerprint density at radius 2 is 1.04 bits per heavy atom. The van der Waals surface area contributed by atoms with E-state index in [1.54, 1.807) is 4.90 Å². The Labute approximate surface area is 316 Å². The molecule has 4 fully saturated rings. The molecule has 4 saturated heterocycles. The van der Waals surface area contributed by atoms with Gasteiger partial charge in [-0.3, -0.25) is 19.4 Å². The summed E-state index contributed by atoms with van der Waals surface area (Å²) in [4.78, 5) is 47.1. The molecule has 1 N–H and O–H groups in total. The van der Waals surface area contributed by atoms with E-state index in [0.29, 0.717) is 13.1 Å². The van der Waals surface area contributed by atoms with Crippen molar-refractivity contribution in [1.29, 1.82) is 0 Å². The van der Waals surface area contributed by atoms with Crippen molar-refractivity contribution in [2.45, 2.75) is 79.0 Å². The largest absolute Gasteiger partial charge is 0.483 e. The van der Waals surface area contributed by atoms with Gasteiger partial charge >= 0.3 is 6.09 Å². The highest BCUT2D eigenvalue weighted by molar-refractivity contribution is 5.78. The van der Waals surface area contributed by atoms with Crippen molar-refractivity contribution in [3.05, 3.63) is 58.7 Å². The zero-order chi connectivity index (χ0) is 37.8. The Hall–Kier alpha value is -3.87. The summed E-state index contributed by atoms with van der Waals surface area (Å²) in [6.45, 7) is 22.0. The molecule has 0 atom stereocenters. The van der Waals surface area contributed by atoms with Crippen LogP contribution in [0.1, 0.15) is 68.7 Å². The van der Waals surface area contributed by atoms with Crippen LogP contribution in [0.15, 0.2) is 36.4 Å². The van der Waals surface area contributed by atoms with Gasteiger partial charge in [0.2, 0.25) is 0 Å². The average Bonchev–Trinajstić information content (AvgIpc) is 3.88. The first-order valence-corrected chi connectivity index (χ1v) is 19.6. The lowest BCUT2D eigenvalue weighted by molar-refractivity contribution is -0.133. The summed E-state index contributed by atoms with van der Waals surface area (Å²) >= 11 is 0. The van der Waals surface area contributed by atoms with E-state index in [2.05, 4.69) is 52.4 Å². The number of ether oxygens (including phenoxy) is 3. The second kappa shape index (κ2) is 19.5. The Kier molecular flexibility index (Phi) is 14.8. The van der Waals surface area contributed by atoms with Crippen molar-refractivity contribution in [3.8, 4) is 11.5 Å². The molecule has 12 heteroatoms. The number of rotatable bonds is 10. The highest BCUT2D eigenvalue weighted by atomic mass is 16.6. The maximum absolute atomic E-state index is 12.3. The van der Waals surface area contributed by atoms with Crippen LogP contribution in [-0.2, 0) is 27.4 Å². The van der Waals surface area contributed by atoms with Crippen molar-refractivity contribution < 1.29 is 28.6 Å². The molecule has 53 heavy (non-hydrogen) atoms. The summed E-state index contributed by atoms with van der Waals surface area (Å²) in [6, 6.07) is 12.4. The van der Waals surface area contributed by atoms with Crippen molar-refractivity contribution >= 4 is 17.9 Å². The van der Waals surface area contributed by atoms with Crippen molar-refractivity contribution in [2.24, 2.45) is 0 Å². The molecular weight excluding hydrogens is 672 g/mol. The number of amides is 3. The lowest BCUT2D eigenvalue weighted by Crippen LogP contribution is -2.49. The van der Waals surface area contributed by atoms with Gasteiger partial charge in [-0.15, -0.1) is 0 Å². The second-order valence-electron chi connectivity index (χ2n) is 15.7. The maximum Gasteiger partial charge on any atom is 0.410 e. The molecule has 0 aliphatic carbocycles. The number of carbonyl (C=O) groups is 3. The number of benzene rings is 2. The molecule has 0 spiro atoms. The van der Waals surface area contributed by atoms with Gasteiger partial charge in [-0.2, -0.15) is 0 Å². The van der Waals surface area contributed by atoms with Gasteiger partial charge in [0.1, 0.15) is 17.1 Å². The molecule has 0 saturated carbocycles. The maximum atomic E-state index is 12.3. The predicted molar refractivity (Wildman–Crippen MR) is 206 cm³/mol.